The minimum Gasteiger partial charge on any atom is -0.378 e. The Morgan fingerprint density at radius 1 is 1.12 bits per heavy atom. The summed E-state index contributed by atoms with van der Waals surface area (Å²) in [5.41, 5.74) is 15.5. The van der Waals surface area contributed by atoms with Crippen molar-refractivity contribution in [3.63, 3.8) is 0 Å². The Morgan fingerprint density at radius 2 is 1.95 bits per heavy atom. The van der Waals surface area contributed by atoms with Gasteiger partial charge >= 0.3 is 0 Å². The highest BCUT2D eigenvalue weighted by molar-refractivity contribution is 7.29. The lowest BCUT2D eigenvalue weighted by atomic mass is 9.91. The van der Waals surface area contributed by atoms with E-state index in [-0.39, 0.29) is 23.1 Å². The van der Waals surface area contributed by atoms with Crippen molar-refractivity contribution < 1.29 is 9.53 Å². The van der Waals surface area contributed by atoms with Crippen LogP contribution in [0, 0.1) is 0 Å². The third kappa shape index (κ3) is 5.07. The Bertz CT molecular complexity index is 1840. The summed E-state index contributed by atoms with van der Waals surface area (Å²) in [6.07, 6.45) is 6.04. The van der Waals surface area contributed by atoms with Crippen molar-refractivity contribution in [3.8, 4) is 10.4 Å². The second kappa shape index (κ2) is 11.3. The fourth-order valence-electron chi connectivity index (χ4n) is 5.76. The maximum atomic E-state index is 13.0. The number of nitrogens with one attached hydrogen (secondary N) is 1. The standard InChI is InChI=1S/C28H30N8O3S3/c29-17-3-1-2-4-18(17)32-28-33-19(23(26(30)38)27-34-31-14-36(27)28)9-15-10-21(40-12-15)16-13-41-25-20(37)11-22(42-24(16)25)35-5-7-39-8-6-35/h10-14,17-18H,1-9,29H2,(H2,30,38)(H,32,33)/t17-,18+/m1/s1. The number of anilines is 2. The summed E-state index contributed by atoms with van der Waals surface area (Å²) < 4.78 is 8.94. The van der Waals surface area contributed by atoms with Gasteiger partial charge in [-0.25, -0.2) is 4.98 Å². The number of aromatic nitrogens is 4. The third-order valence-corrected chi connectivity index (χ3v) is 11.3. The topological polar surface area (TPSA) is 154 Å². The first-order valence-electron chi connectivity index (χ1n) is 14.0. The molecule has 1 saturated carbocycles. The molecule has 0 unspecified atom stereocenters. The lowest BCUT2D eigenvalue weighted by Gasteiger charge is -2.30. The zero-order chi connectivity index (χ0) is 28.8. The zero-order valence-corrected chi connectivity index (χ0v) is 25.2. The van der Waals surface area contributed by atoms with Crippen molar-refractivity contribution in [2.75, 3.05) is 36.5 Å². The van der Waals surface area contributed by atoms with Gasteiger partial charge in [0.2, 0.25) is 5.95 Å². The number of ether oxygens (including phenoxy) is 1. The second-order valence-corrected chi connectivity index (χ2v) is 13.5. The van der Waals surface area contributed by atoms with Crippen LogP contribution in [0.2, 0.25) is 0 Å². The van der Waals surface area contributed by atoms with Crippen LogP contribution in [-0.2, 0) is 11.2 Å². The summed E-state index contributed by atoms with van der Waals surface area (Å²) >= 11 is 4.75. The lowest BCUT2D eigenvalue weighted by Crippen LogP contribution is -2.43. The summed E-state index contributed by atoms with van der Waals surface area (Å²) in [6, 6.07) is 3.95. The van der Waals surface area contributed by atoms with Crippen LogP contribution in [0.1, 0.15) is 47.3 Å². The van der Waals surface area contributed by atoms with Gasteiger partial charge in [-0.1, -0.05) is 12.8 Å². The molecule has 1 saturated heterocycles. The van der Waals surface area contributed by atoms with Gasteiger partial charge in [-0.2, -0.15) is 0 Å². The number of hydrogen-bond donors (Lipinski definition) is 3. The summed E-state index contributed by atoms with van der Waals surface area (Å²) in [6.45, 7) is 2.88. The Labute approximate surface area is 253 Å². The van der Waals surface area contributed by atoms with E-state index in [1.54, 1.807) is 33.1 Å². The molecule has 0 aromatic carbocycles. The molecule has 1 amide bonds. The van der Waals surface area contributed by atoms with Gasteiger partial charge in [-0.15, -0.1) is 44.2 Å². The molecule has 1 aliphatic heterocycles. The predicted molar refractivity (Wildman–Crippen MR) is 168 cm³/mol. The van der Waals surface area contributed by atoms with Crippen molar-refractivity contribution in [3.05, 3.63) is 56.3 Å². The highest BCUT2D eigenvalue weighted by Crippen LogP contribution is 2.41. The first kappa shape index (κ1) is 27.4. The first-order valence-corrected chi connectivity index (χ1v) is 16.5. The maximum absolute atomic E-state index is 13.0. The molecule has 14 heteroatoms. The molecule has 218 valence electrons. The Kier molecular flexibility index (Phi) is 7.40. The SMILES string of the molecule is NC(=O)c1c(Cc2csc(-c3csc4c(=O)cc(N5CCOCC5)sc34)c2)nc(N[C@H]2CCCC[C@H]2N)n2cnnc12. The normalized spacial score (nSPS) is 19.5. The van der Waals surface area contributed by atoms with Crippen molar-refractivity contribution in [2.45, 2.75) is 44.2 Å². The average molecular weight is 623 g/mol. The quantitative estimate of drug-likeness (QED) is 0.247. The van der Waals surface area contributed by atoms with Crippen LogP contribution >= 0.6 is 34.0 Å². The number of primary amides is 1. The molecule has 2 atom stereocenters. The molecule has 5 aromatic rings. The van der Waals surface area contributed by atoms with Crippen molar-refractivity contribution in [1.29, 1.82) is 0 Å². The number of nitrogens with two attached hydrogens (primary N) is 2. The highest BCUT2D eigenvalue weighted by atomic mass is 32.1. The van der Waals surface area contributed by atoms with Gasteiger partial charge in [0.15, 0.2) is 11.1 Å². The van der Waals surface area contributed by atoms with Crippen LogP contribution < -0.4 is 27.1 Å². The van der Waals surface area contributed by atoms with E-state index in [4.69, 9.17) is 21.2 Å². The molecule has 42 heavy (non-hydrogen) atoms. The molecular weight excluding hydrogens is 593 g/mol. The maximum Gasteiger partial charge on any atom is 0.254 e. The number of carbonyl (C=O) groups excluding carboxylic acids is 1. The Morgan fingerprint density at radius 3 is 2.76 bits per heavy atom. The Balaban J connectivity index is 1.23. The molecule has 6 heterocycles. The van der Waals surface area contributed by atoms with Crippen molar-refractivity contribution in [2.24, 2.45) is 11.5 Å². The molecule has 0 spiro atoms. The minimum absolute atomic E-state index is 0.0191. The number of thiophene rings is 2. The van der Waals surface area contributed by atoms with Gasteiger partial charge in [0, 0.05) is 53.5 Å². The highest BCUT2D eigenvalue weighted by Gasteiger charge is 2.26. The van der Waals surface area contributed by atoms with Gasteiger partial charge in [-0.05, 0) is 29.9 Å². The molecule has 11 nitrogen and oxygen atoms in total. The fourth-order valence-corrected chi connectivity index (χ4v) is 9.21. The number of carbonyl (C=O) groups is 1. The molecule has 2 aliphatic rings. The van der Waals surface area contributed by atoms with Gasteiger partial charge in [0.25, 0.3) is 5.91 Å². The van der Waals surface area contributed by atoms with Crippen LogP contribution in [0.25, 0.3) is 25.5 Å². The van der Waals surface area contributed by atoms with Gasteiger partial charge in [0.1, 0.15) is 11.9 Å². The predicted octanol–water partition coefficient (Wildman–Crippen LogP) is 3.70. The van der Waals surface area contributed by atoms with E-state index >= 15 is 0 Å². The average Bonchev–Trinajstić information content (AvgIpc) is 3.75. The van der Waals surface area contributed by atoms with Gasteiger partial charge in [-0.3, -0.25) is 14.0 Å². The molecule has 0 radical (unpaired) electrons. The fraction of sp³-hybridized carbons (Fsp3) is 0.393. The second-order valence-electron chi connectivity index (χ2n) is 10.7. The number of rotatable bonds is 7. The van der Waals surface area contributed by atoms with E-state index in [1.807, 2.05) is 0 Å². The van der Waals surface area contributed by atoms with E-state index in [9.17, 15) is 9.59 Å². The molecule has 2 fully saturated rings. The van der Waals surface area contributed by atoms with E-state index in [1.165, 1.54) is 17.7 Å². The number of nitrogens with zero attached hydrogens (tertiary/aromatic N) is 5. The number of morpholine rings is 1. The smallest absolute Gasteiger partial charge is 0.254 e. The summed E-state index contributed by atoms with van der Waals surface area (Å²) in [4.78, 5) is 33.8. The van der Waals surface area contributed by atoms with Crippen LogP contribution in [-0.4, -0.2) is 63.9 Å². The summed E-state index contributed by atoms with van der Waals surface area (Å²) in [5, 5.41) is 16.9. The molecule has 5 aromatic heterocycles. The van der Waals surface area contributed by atoms with Crippen molar-refractivity contribution >= 4 is 65.9 Å². The van der Waals surface area contributed by atoms with Gasteiger partial charge < -0.3 is 26.4 Å². The van der Waals surface area contributed by atoms with Crippen LogP contribution in [0.3, 0.4) is 0 Å². The molecule has 7 rings (SSSR count). The van der Waals surface area contributed by atoms with Crippen molar-refractivity contribution in [1.82, 2.24) is 19.6 Å². The van der Waals surface area contributed by atoms with E-state index in [2.05, 4.69) is 37.2 Å². The first-order chi connectivity index (χ1) is 20.5. The molecular formula is C28H30N8O3S3. The van der Waals surface area contributed by atoms with E-state index in [0.717, 1.165) is 69.2 Å². The third-order valence-electron chi connectivity index (χ3n) is 7.95. The summed E-state index contributed by atoms with van der Waals surface area (Å²) in [7, 11) is 0. The summed E-state index contributed by atoms with van der Waals surface area (Å²) in [5.74, 6) is -0.0480. The molecule has 1 aliphatic carbocycles. The molecule has 0 bridgehead atoms. The number of fused-ring (bicyclic) bond motifs is 2. The monoisotopic (exact) mass is 622 g/mol. The Hall–Kier alpha value is -3.43. The minimum atomic E-state index is -0.601. The van der Waals surface area contributed by atoms with Gasteiger partial charge in [0.05, 0.1) is 33.3 Å². The lowest BCUT2D eigenvalue weighted by molar-refractivity contribution is 0.1000. The van der Waals surface area contributed by atoms with E-state index in [0.29, 0.717) is 36.9 Å². The largest absolute Gasteiger partial charge is 0.378 e. The number of amides is 1. The zero-order valence-electron chi connectivity index (χ0n) is 22.7. The van der Waals surface area contributed by atoms with E-state index < -0.39 is 5.91 Å². The number of hydrogen-bond acceptors (Lipinski definition) is 12. The van der Waals surface area contributed by atoms with Crippen LogP contribution in [0.5, 0.6) is 0 Å². The molecule has 5 N–H and O–H groups in total. The van der Waals surface area contributed by atoms with Crippen LogP contribution in [0.15, 0.2) is 34.0 Å². The van der Waals surface area contributed by atoms with Crippen LogP contribution in [0.4, 0.5) is 10.9 Å².